The summed E-state index contributed by atoms with van der Waals surface area (Å²) in [5, 5.41) is 12.3. The first-order valence-electron chi connectivity index (χ1n) is 6.14. The van der Waals surface area contributed by atoms with Gasteiger partial charge in [-0.3, -0.25) is 0 Å². The van der Waals surface area contributed by atoms with Gasteiger partial charge in [-0.2, -0.15) is 5.26 Å². The van der Waals surface area contributed by atoms with Crippen LogP contribution in [-0.4, -0.2) is 11.6 Å². The van der Waals surface area contributed by atoms with Crippen LogP contribution in [0.25, 0.3) is 0 Å². The summed E-state index contributed by atoms with van der Waals surface area (Å²) < 4.78 is 5.28. The van der Waals surface area contributed by atoms with Crippen molar-refractivity contribution in [2.45, 2.75) is 13.5 Å². The van der Waals surface area contributed by atoms with Crippen LogP contribution in [0.2, 0.25) is 0 Å². The summed E-state index contributed by atoms with van der Waals surface area (Å²) in [6.07, 6.45) is 1.68. The summed E-state index contributed by atoms with van der Waals surface area (Å²) in [4.78, 5) is 4.14. The molecule has 2 aromatic rings. The first kappa shape index (κ1) is 12.9. The number of aromatic nitrogens is 1. The van der Waals surface area contributed by atoms with Gasteiger partial charge in [0.2, 0.25) is 5.88 Å². The highest BCUT2D eigenvalue weighted by molar-refractivity contribution is 5.51. The zero-order chi connectivity index (χ0) is 13.5. The molecule has 0 bridgehead atoms. The van der Waals surface area contributed by atoms with Crippen molar-refractivity contribution in [3.05, 3.63) is 53.7 Å². The van der Waals surface area contributed by atoms with Crippen molar-refractivity contribution in [1.29, 1.82) is 5.26 Å². The van der Waals surface area contributed by atoms with Gasteiger partial charge in [-0.15, -0.1) is 0 Å². The van der Waals surface area contributed by atoms with Crippen LogP contribution in [-0.2, 0) is 6.54 Å². The van der Waals surface area contributed by atoms with Crippen LogP contribution in [0, 0.1) is 11.3 Å². The third-order valence-electron chi connectivity index (χ3n) is 2.59. The molecule has 96 valence electrons. The van der Waals surface area contributed by atoms with Crippen molar-refractivity contribution < 1.29 is 4.74 Å². The lowest BCUT2D eigenvalue weighted by Gasteiger charge is -2.08. The lowest BCUT2D eigenvalue weighted by atomic mass is 10.2. The van der Waals surface area contributed by atoms with Crippen molar-refractivity contribution in [3.63, 3.8) is 0 Å². The van der Waals surface area contributed by atoms with Gasteiger partial charge in [0.05, 0.1) is 18.5 Å². The average molecular weight is 253 g/mol. The van der Waals surface area contributed by atoms with Gasteiger partial charge in [0.1, 0.15) is 11.6 Å². The largest absolute Gasteiger partial charge is 0.477 e. The molecule has 2 rings (SSSR count). The maximum atomic E-state index is 9.06. The smallest absolute Gasteiger partial charge is 0.231 e. The molecule has 1 aromatic heterocycles. The van der Waals surface area contributed by atoms with Crippen LogP contribution in [0.1, 0.15) is 18.1 Å². The fraction of sp³-hybridized carbons (Fsp3) is 0.200. The molecule has 1 N–H and O–H groups in total. The lowest BCUT2D eigenvalue weighted by molar-refractivity contribution is 0.326. The summed E-state index contributed by atoms with van der Waals surface area (Å²) in [5.41, 5.74) is 2.43. The first-order valence-corrected chi connectivity index (χ1v) is 6.14. The zero-order valence-electron chi connectivity index (χ0n) is 10.8. The number of nitrogens with one attached hydrogen (secondary N) is 1. The van der Waals surface area contributed by atoms with Crippen molar-refractivity contribution in [3.8, 4) is 11.9 Å². The van der Waals surface area contributed by atoms with E-state index >= 15 is 0 Å². The fourth-order valence-electron chi connectivity index (χ4n) is 1.68. The molecule has 0 atom stereocenters. The van der Waals surface area contributed by atoms with Crippen LogP contribution in [0.3, 0.4) is 0 Å². The Bertz CT molecular complexity index is 576. The summed E-state index contributed by atoms with van der Waals surface area (Å²) in [6.45, 7) is 3.06. The summed E-state index contributed by atoms with van der Waals surface area (Å²) >= 11 is 0. The van der Waals surface area contributed by atoms with Crippen LogP contribution >= 0.6 is 0 Å². The average Bonchev–Trinajstić information content (AvgIpc) is 2.47. The molecule has 0 radical (unpaired) electrons. The minimum absolute atomic E-state index is 0.385. The number of hydrogen-bond donors (Lipinski definition) is 1. The third-order valence-corrected chi connectivity index (χ3v) is 2.59. The van der Waals surface area contributed by atoms with Gasteiger partial charge in [0, 0.05) is 6.54 Å². The molecule has 0 saturated heterocycles. The monoisotopic (exact) mass is 253 g/mol. The Morgan fingerprint density at radius 3 is 2.79 bits per heavy atom. The molecule has 0 fully saturated rings. The van der Waals surface area contributed by atoms with Gasteiger partial charge in [-0.25, -0.2) is 4.98 Å². The SMILES string of the molecule is CCOc1ncc(NCc2ccccc2)cc1C#N. The summed E-state index contributed by atoms with van der Waals surface area (Å²) in [6, 6.07) is 13.9. The Morgan fingerprint density at radius 2 is 2.11 bits per heavy atom. The maximum Gasteiger partial charge on any atom is 0.231 e. The van der Waals surface area contributed by atoms with Crippen LogP contribution in [0.5, 0.6) is 5.88 Å². The maximum absolute atomic E-state index is 9.06. The minimum atomic E-state index is 0.385. The molecule has 1 heterocycles. The molecule has 4 nitrogen and oxygen atoms in total. The minimum Gasteiger partial charge on any atom is -0.477 e. The molecule has 0 amide bonds. The number of nitrogens with zero attached hydrogens (tertiary/aromatic N) is 2. The van der Waals surface area contributed by atoms with Gasteiger partial charge < -0.3 is 10.1 Å². The molecular weight excluding hydrogens is 238 g/mol. The number of nitriles is 1. The third kappa shape index (κ3) is 3.46. The van der Waals surface area contributed by atoms with E-state index in [1.54, 1.807) is 12.3 Å². The van der Waals surface area contributed by atoms with Crippen molar-refractivity contribution in [1.82, 2.24) is 4.98 Å². The van der Waals surface area contributed by atoms with E-state index < -0.39 is 0 Å². The Hall–Kier alpha value is -2.54. The standard InChI is InChI=1S/C15H15N3O/c1-2-19-15-13(9-16)8-14(11-18-15)17-10-12-6-4-3-5-7-12/h3-8,11,17H,2,10H2,1H3. The van der Waals surface area contributed by atoms with Gasteiger partial charge >= 0.3 is 0 Å². The van der Waals surface area contributed by atoms with Crippen molar-refractivity contribution >= 4 is 5.69 Å². The number of rotatable bonds is 5. The molecule has 0 spiro atoms. The number of hydrogen-bond acceptors (Lipinski definition) is 4. The quantitative estimate of drug-likeness (QED) is 0.890. The molecule has 0 aliphatic heterocycles. The van der Waals surface area contributed by atoms with E-state index in [4.69, 9.17) is 10.00 Å². The first-order chi connectivity index (χ1) is 9.33. The van der Waals surface area contributed by atoms with E-state index in [2.05, 4.69) is 16.4 Å². The van der Waals surface area contributed by atoms with Gasteiger partial charge in [0.15, 0.2) is 0 Å². The van der Waals surface area contributed by atoms with Gasteiger partial charge in [-0.05, 0) is 18.6 Å². The Kier molecular flexibility index (Phi) is 4.35. The molecule has 0 aliphatic carbocycles. The van der Waals surface area contributed by atoms with Crippen LogP contribution in [0.15, 0.2) is 42.6 Å². The molecule has 0 saturated carbocycles. The molecule has 0 aliphatic rings. The van der Waals surface area contributed by atoms with Crippen LogP contribution in [0.4, 0.5) is 5.69 Å². The highest BCUT2D eigenvalue weighted by Crippen LogP contribution is 2.19. The second kappa shape index (κ2) is 6.41. The van der Waals surface area contributed by atoms with Crippen molar-refractivity contribution in [2.24, 2.45) is 0 Å². The Morgan fingerprint density at radius 1 is 1.32 bits per heavy atom. The molecular formula is C15H15N3O. The van der Waals surface area contributed by atoms with Gasteiger partial charge in [0.25, 0.3) is 0 Å². The van der Waals surface area contributed by atoms with Gasteiger partial charge in [-0.1, -0.05) is 30.3 Å². The normalized spacial score (nSPS) is 9.68. The van der Waals surface area contributed by atoms with E-state index in [1.165, 1.54) is 5.56 Å². The number of anilines is 1. The predicted octanol–water partition coefficient (Wildman–Crippen LogP) is 2.96. The Balaban J connectivity index is 2.07. The van der Waals surface area contributed by atoms with E-state index in [-0.39, 0.29) is 0 Å². The fourth-order valence-corrected chi connectivity index (χ4v) is 1.68. The zero-order valence-corrected chi connectivity index (χ0v) is 10.8. The highest BCUT2D eigenvalue weighted by Gasteiger charge is 2.05. The summed E-state index contributed by atoms with van der Waals surface area (Å²) in [7, 11) is 0. The predicted molar refractivity (Wildman–Crippen MR) is 73.9 cm³/mol. The lowest BCUT2D eigenvalue weighted by Crippen LogP contribution is -2.02. The summed E-state index contributed by atoms with van der Waals surface area (Å²) in [5.74, 6) is 0.385. The van der Waals surface area contributed by atoms with Crippen molar-refractivity contribution in [2.75, 3.05) is 11.9 Å². The van der Waals surface area contributed by atoms with E-state index in [1.807, 2.05) is 37.3 Å². The number of ether oxygens (including phenoxy) is 1. The van der Waals surface area contributed by atoms with Crippen LogP contribution < -0.4 is 10.1 Å². The second-order valence-electron chi connectivity index (χ2n) is 3.96. The second-order valence-corrected chi connectivity index (χ2v) is 3.96. The topological polar surface area (TPSA) is 57.9 Å². The van der Waals surface area contributed by atoms with E-state index in [0.29, 0.717) is 24.6 Å². The van der Waals surface area contributed by atoms with E-state index in [0.717, 1.165) is 5.69 Å². The molecule has 4 heteroatoms. The highest BCUT2D eigenvalue weighted by atomic mass is 16.5. The molecule has 1 aromatic carbocycles. The van der Waals surface area contributed by atoms with E-state index in [9.17, 15) is 0 Å². The Labute approximate surface area is 112 Å². The number of benzene rings is 1. The molecule has 0 unspecified atom stereocenters. The molecule has 19 heavy (non-hydrogen) atoms. The number of pyridine rings is 1.